The van der Waals surface area contributed by atoms with Gasteiger partial charge in [0.15, 0.2) is 0 Å². The average molecular weight is 219 g/mol. The Labute approximate surface area is 97.7 Å². The van der Waals surface area contributed by atoms with Gasteiger partial charge in [-0.25, -0.2) is 0 Å². The minimum absolute atomic E-state index is 0.371. The van der Waals surface area contributed by atoms with E-state index in [2.05, 4.69) is 12.2 Å². The van der Waals surface area contributed by atoms with E-state index in [1.165, 1.54) is 19.3 Å². The molecule has 3 atom stereocenters. The van der Waals surface area contributed by atoms with Gasteiger partial charge in [-0.3, -0.25) is 0 Å². The second kappa shape index (κ2) is 5.46. The Balaban J connectivity index is 1.71. The Hall–Kier alpha value is -0.860. The molecule has 0 amide bonds. The van der Waals surface area contributed by atoms with E-state index in [9.17, 15) is 5.11 Å². The molecule has 0 radical (unpaired) electrons. The lowest BCUT2D eigenvalue weighted by Gasteiger charge is -2.11. The van der Waals surface area contributed by atoms with Crippen LogP contribution >= 0.6 is 0 Å². The van der Waals surface area contributed by atoms with Crippen molar-refractivity contribution in [2.45, 2.75) is 38.3 Å². The number of aliphatic hydroxyl groups excluding tert-OH is 1. The molecule has 1 aromatic carbocycles. The van der Waals surface area contributed by atoms with Crippen molar-refractivity contribution in [3.05, 3.63) is 35.9 Å². The van der Waals surface area contributed by atoms with Crippen molar-refractivity contribution in [3.8, 4) is 0 Å². The zero-order valence-electron chi connectivity index (χ0n) is 9.89. The van der Waals surface area contributed by atoms with Crippen LogP contribution in [0.1, 0.15) is 37.9 Å². The fourth-order valence-electron chi connectivity index (χ4n) is 2.24. The molecule has 1 aliphatic carbocycles. The molecule has 88 valence electrons. The Kier molecular flexibility index (Phi) is 3.97. The van der Waals surface area contributed by atoms with Crippen LogP contribution in [0.4, 0.5) is 0 Å². The zero-order valence-corrected chi connectivity index (χ0v) is 9.89. The molecule has 0 aromatic heterocycles. The fraction of sp³-hybridized carbons (Fsp3) is 0.571. The minimum atomic E-state index is -0.371. The molecule has 1 aromatic rings. The molecule has 16 heavy (non-hydrogen) atoms. The third kappa shape index (κ3) is 3.06. The van der Waals surface area contributed by atoms with Gasteiger partial charge in [-0.15, -0.1) is 0 Å². The molecule has 3 unspecified atom stereocenters. The molecule has 1 aliphatic rings. The van der Waals surface area contributed by atoms with Crippen molar-refractivity contribution in [2.75, 3.05) is 6.54 Å². The molecule has 0 aliphatic heterocycles. The van der Waals surface area contributed by atoms with Crippen LogP contribution in [-0.4, -0.2) is 17.7 Å². The predicted molar refractivity (Wildman–Crippen MR) is 66.2 cm³/mol. The van der Waals surface area contributed by atoms with Crippen LogP contribution in [0, 0.1) is 5.92 Å². The van der Waals surface area contributed by atoms with Crippen LogP contribution in [-0.2, 0) is 0 Å². The number of hydrogen-bond donors (Lipinski definition) is 2. The highest BCUT2D eigenvalue weighted by molar-refractivity contribution is 5.17. The summed E-state index contributed by atoms with van der Waals surface area (Å²) in [7, 11) is 0. The highest BCUT2D eigenvalue weighted by Gasteiger charge is 2.35. The molecule has 0 saturated heterocycles. The van der Waals surface area contributed by atoms with Crippen LogP contribution in [0.5, 0.6) is 0 Å². The van der Waals surface area contributed by atoms with Crippen LogP contribution < -0.4 is 5.32 Å². The zero-order chi connectivity index (χ0) is 11.4. The smallest absolute Gasteiger partial charge is 0.0914 e. The van der Waals surface area contributed by atoms with Gasteiger partial charge in [0.25, 0.3) is 0 Å². The van der Waals surface area contributed by atoms with Crippen LogP contribution in [0.2, 0.25) is 0 Å². The van der Waals surface area contributed by atoms with Crippen LogP contribution in [0.15, 0.2) is 30.3 Å². The van der Waals surface area contributed by atoms with Crippen molar-refractivity contribution < 1.29 is 5.11 Å². The monoisotopic (exact) mass is 219 g/mol. The number of benzene rings is 1. The maximum atomic E-state index is 9.95. The van der Waals surface area contributed by atoms with E-state index in [-0.39, 0.29) is 6.10 Å². The summed E-state index contributed by atoms with van der Waals surface area (Å²) in [5.41, 5.74) is 1.00. The summed E-state index contributed by atoms with van der Waals surface area (Å²) in [4.78, 5) is 0. The standard InChI is InChI=1S/C14H21NO/c1-2-6-12-9-13(12)15-10-14(16)11-7-4-3-5-8-11/h3-5,7-8,12-16H,2,6,9-10H2,1H3. The van der Waals surface area contributed by atoms with Gasteiger partial charge in [0.2, 0.25) is 0 Å². The highest BCUT2D eigenvalue weighted by atomic mass is 16.3. The molecule has 1 fully saturated rings. The Morgan fingerprint density at radius 2 is 2.12 bits per heavy atom. The quantitative estimate of drug-likeness (QED) is 0.770. The van der Waals surface area contributed by atoms with Gasteiger partial charge < -0.3 is 10.4 Å². The first-order valence-electron chi connectivity index (χ1n) is 6.27. The van der Waals surface area contributed by atoms with Gasteiger partial charge in [0, 0.05) is 12.6 Å². The molecule has 0 bridgehead atoms. The first kappa shape index (κ1) is 11.6. The van der Waals surface area contributed by atoms with Crippen LogP contribution in [0.25, 0.3) is 0 Å². The van der Waals surface area contributed by atoms with E-state index in [4.69, 9.17) is 0 Å². The van der Waals surface area contributed by atoms with E-state index in [1.54, 1.807) is 0 Å². The first-order chi connectivity index (χ1) is 7.81. The van der Waals surface area contributed by atoms with Crippen molar-refractivity contribution in [2.24, 2.45) is 5.92 Å². The molecule has 0 heterocycles. The Morgan fingerprint density at radius 3 is 2.81 bits per heavy atom. The molecular formula is C14H21NO. The van der Waals surface area contributed by atoms with Crippen molar-refractivity contribution in [3.63, 3.8) is 0 Å². The second-order valence-corrected chi connectivity index (χ2v) is 4.73. The predicted octanol–water partition coefficient (Wildman–Crippen LogP) is 2.50. The van der Waals surface area contributed by atoms with E-state index < -0.39 is 0 Å². The molecular weight excluding hydrogens is 198 g/mol. The first-order valence-corrected chi connectivity index (χ1v) is 6.27. The van der Waals surface area contributed by atoms with E-state index >= 15 is 0 Å². The summed E-state index contributed by atoms with van der Waals surface area (Å²) in [6.07, 6.45) is 3.50. The molecule has 2 heteroatoms. The van der Waals surface area contributed by atoms with Crippen molar-refractivity contribution in [1.82, 2.24) is 5.32 Å². The molecule has 2 N–H and O–H groups in total. The fourth-order valence-corrected chi connectivity index (χ4v) is 2.24. The molecule has 1 saturated carbocycles. The normalized spacial score (nSPS) is 25.4. The van der Waals surface area contributed by atoms with Crippen LogP contribution in [0.3, 0.4) is 0 Å². The summed E-state index contributed by atoms with van der Waals surface area (Å²) in [6.45, 7) is 2.91. The Morgan fingerprint density at radius 1 is 1.38 bits per heavy atom. The lowest BCUT2D eigenvalue weighted by atomic mass is 10.1. The third-order valence-corrected chi connectivity index (χ3v) is 3.34. The van der Waals surface area contributed by atoms with Gasteiger partial charge in [-0.2, -0.15) is 0 Å². The minimum Gasteiger partial charge on any atom is -0.387 e. The summed E-state index contributed by atoms with van der Waals surface area (Å²) >= 11 is 0. The average Bonchev–Trinajstić information content (AvgIpc) is 3.06. The summed E-state index contributed by atoms with van der Waals surface area (Å²) in [5.74, 6) is 0.855. The highest BCUT2D eigenvalue weighted by Crippen LogP contribution is 2.34. The summed E-state index contributed by atoms with van der Waals surface area (Å²) < 4.78 is 0. The van der Waals surface area contributed by atoms with Gasteiger partial charge in [-0.05, 0) is 24.3 Å². The van der Waals surface area contributed by atoms with E-state index in [0.29, 0.717) is 12.6 Å². The van der Waals surface area contributed by atoms with E-state index in [1.807, 2.05) is 30.3 Å². The number of aliphatic hydroxyl groups is 1. The summed E-state index contributed by atoms with van der Waals surface area (Å²) in [5, 5.41) is 13.4. The number of hydrogen-bond acceptors (Lipinski definition) is 2. The maximum absolute atomic E-state index is 9.95. The lowest BCUT2D eigenvalue weighted by molar-refractivity contribution is 0.173. The summed E-state index contributed by atoms with van der Waals surface area (Å²) in [6, 6.07) is 10.5. The van der Waals surface area contributed by atoms with Gasteiger partial charge in [-0.1, -0.05) is 43.7 Å². The second-order valence-electron chi connectivity index (χ2n) is 4.73. The SMILES string of the molecule is CCCC1CC1NCC(O)c1ccccc1. The largest absolute Gasteiger partial charge is 0.387 e. The van der Waals surface area contributed by atoms with Crippen molar-refractivity contribution >= 4 is 0 Å². The van der Waals surface area contributed by atoms with Crippen molar-refractivity contribution in [1.29, 1.82) is 0 Å². The number of nitrogens with one attached hydrogen (secondary N) is 1. The maximum Gasteiger partial charge on any atom is 0.0914 e. The third-order valence-electron chi connectivity index (χ3n) is 3.34. The number of rotatable bonds is 6. The molecule has 0 spiro atoms. The Bertz CT molecular complexity index is 312. The van der Waals surface area contributed by atoms with Gasteiger partial charge >= 0.3 is 0 Å². The topological polar surface area (TPSA) is 32.3 Å². The van der Waals surface area contributed by atoms with Gasteiger partial charge in [0.1, 0.15) is 0 Å². The lowest BCUT2D eigenvalue weighted by Crippen LogP contribution is -2.24. The molecule has 2 nitrogen and oxygen atoms in total. The molecule has 2 rings (SSSR count). The van der Waals surface area contributed by atoms with Gasteiger partial charge in [0.05, 0.1) is 6.10 Å². The van der Waals surface area contributed by atoms with E-state index in [0.717, 1.165) is 11.5 Å².